The Hall–Kier alpha value is -4.13. The zero-order valence-corrected chi connectivity index (χ0v) is 16.5. The quantitative estimate of drug-likeness (QED) is 0.466. The highest BCUT2D eigenvalue weighted by molar-refractivity contribution is 6.15. The number of aliphatic hydroxyl groups excluding tert-OH is 1. The molecule has 0 saturated heterocycles. The Morgan fingerprint density at radius 2 is 2.03 bits per heavy atom. The average Bonchev–Trinajstić information content (AvgIpc) is 3.53. The number of benzene rings is 1. The molecular weight excluding hydrogens is 394 g/mol. The van der Waals surface area contributed by atoms with Gasteiger partial charge in [0, 0.05) is 41.6 Å². The van der Waals surface area contributed by atoms with Crippen molar-refractivity contribution >= 4 is 22.6 Å². The lowest BCUT2D eigenvalue weighted by molar-refractivity contribution is -0.129. The van der Waals surface area contributed by atoms with E-state index in [0.717, 1.165) is 16.5 Å². The van der Waals surface area contributed by atoms with Crippen molar-refractivity contribution in [3.8, 4) is 0 Å². The van der Waals surface area contributed by atoms with E-state index in [1.807, 2.05) is 30.5 Å². The number of rotatable bonds is 6. The molecule has 1 unspecified atom stereocenters. The van der Waals surface area contributed by atoms with Gasteiger partial charge in [-0.3, -0.25) is 14.6 Å². The fourth-order valence-electron chi connectivity index (χ4n) is 4.09. The number of carbonyl (C=O) groups is 2. The van der Waals surface area contributed by atoms with Crippen molar-refractivity contribution < 1.29 is 19.1 Å². The first-order chi connectivity index (χ1) is 15.1. The van der Waals surface area contributed by atoms with Gasteiger partial charge < -0.3 is 19.4 Å². The van der Waals surface area contributed by atoms with E-state index in [9.17, 15) is 14.7 Å². The molecule has 4 aromatic rings. The minimum absolute atomic E-state index is 0.00637. The summed E-state index contributed by atoms with van der Waals surface area (Å²) in [5.41, 5.74) is 2.37. The third-order valence-electron chi connectivity index (χ3n) is 5.58. The molecule has 154 valence electrons. The van der Waals surface area contributed by atoms with Crippen LogP contribution in [0.15, 0.2) is 89.1 Å². The summed E-state index contributed by atoms with van der Waals surface area (Å²) in [6.07, 6.45) is 6.93. The van der Waals surface area contributed by atoms with Gasteiger partial charge >= 0.3 is 0 Å². The number of pyridine rings is 1. The number of furan rings is 1. The molecule has 5 rings (SSSR count). The second-order valence-corrected chi connectivity index (χ2v) is 7.36. The lowest BCUT2D eigenvalue weighted by Crippen LogP contribution is -2.32. The van der Waals surface area contributed by atoms with Gasteiger partial charge in [0.05, 0.1) is 11.8 Å². The van der Waals surface area contributed by atoms with Crippen LogP contribution in [-0.2, 0) is 11.2 Å². The summed E-state index contributed by atoms with van der Waals surface area (Å²) in [5, 5.41) is 11.7. The van der Waals surface area contributed by atoms with Crippen LogP contribution in [0.2, 0.25) is 0 Å². The molecule has 7 nitrogen and oxygen atoms in total. The smallest absolute Gasteiger partial charge is 0.290 e. The summed E-state index contributed by atoms with van der Waals surface area (Å²) < 4.78 is 5.55. The number of nitrogens with one attached hydrogen (secondary N) is 1. The molecule has 1 atom stereocenters. The third kappa shape index (κ3) is 3.20. The lowest BCUT2D eigenvalue weighted by atomic mass is 9.97. The number of carbonyl (C=O) groups excluding carboxylic acids is 2. The maximum atomic E-state index is 13.2. The number of ketones is 1. The van der Waals surface area contributed by atoms with E-state index in [4.69, 9.17) is 4.42 Å². The first-order valence-electron chi connectivity index (χ1n) is 9.92. The lowest BCUT2D eigenvalue weighted by Gasteiger charge is -2.24. The molecule has 4 heterocycles. The Balaban J connectivity index is 1.49. The summed E-state index contributed by atoms with van der Waals surface area (Å²) in [7, 11) is 0. The highest BCUT2D eigenvalue weighted by atomic mass is 16.3. The predicted octanol–water partition coefficient (Wildman–Crippen LogP) is 3.98. The number of hydrogen-bond donors (Lipinski definition) is 2. The van der Waals surface area contributed by atoms with Crippen molar-refractivity contribution in [2.24, 2.45) is 0 Å². The van der Waals surface area contributed by atoms with Crippen molar-refractivity contribution in [1.29, 1.82) is 0 Å². The van der Waals surface area contributed by atoms with Crippen LogP contribution in [0.25, 0.3) is 10.9 Å². The van der Waals surface area contributed by atoms with Gasteiger partial charge in [0.1, 0.15) is 11.8 Å². The van der Waals surface area contributed by atoms with Gasteiger partial charge in [0.25, 0.3) is 5.91 Å². The monoisotopic (exact) mass is 413 g/mol. The molecule has 0 bridgehead atoms. The van der Waals surface area contributed by atoms with E-state index in [1.54, 1.807) is 30.5 Å². The number of nitrogens with zero attached hydrogens (tertiary/aromatic N) is 2. The van der Waals surface area contributed by atoms with Crippen molar-refractivity contribution in [3.63, 3.8) is 0 Å². The molecule has 0 saturated carbocycles. The van der Waals surface area contributed by atoms with Crippen LogP contribution in [0.3, 0.4) is 0 Å². The zero-order chi connectivity index (χ0) is 21.4. The van der Waals surface area contributed by atoms with Crippen LogP contribution >= 0.6 is 0 Å². The molecule has 2 N–H and O–H groups in total. The van der Waals surface area contributed by atoms with E-state index < -0.39 is 23.5 Å². The van der Waals surface area contributed by atoms with Gasteiger partial charge in [0.15, 0.2) is 11.5 Å². The van der Waals surface area contributed by atoms with E-state index in [1.165, 1.54) is 17.4 Å². The van der Waals surface area contributed by atoms with Crippen LogP contribution in [0.5, 0.6) is 0 Å². The molecule has 0 radical (unpaired) electrons. The van der Waals surface area contributed by atoms with Crippen molar-refractivity contribution in [2.75, 3.05) is 6.54 Å². The topological polar surface area (TPSA) is 99.4 Å². The standard InChI is InChI=1S/C24H19N3O4/c28-22(16-5-3-10-25-13-16)20-21(19-8-4-12-31-19)27(24(30)23(20)29)11-9-15-14-26-18-7-2-1-6-17(15)18/h1-8,10,12-14,21,26,29H,9,11H2. The maximum Gasteiger partial charge on any atom is 0.290 e. The molecule has 0 fully saturated rings. The van der Waals surface area contributed by atoms with Gasteiger partial charge in [0.2, 0.25) is 0 Å². The second kappa shape index (κ2) is 7.60. The summed E-state index contributed by atoms with van der Waals surface area (Å²) in [4.78, 5) is 34.8. The number of aromatic nitrogens is 2. The number of fused-ring (bicyclic) bond motifs is 1. The molecule has 3 aromatic heterocycles. The van der Waals surface area contributed by atoms with Gasteiger partial charge in [-0.2, -0.15) is 0 Å². The normalized spacial score (nSPS) is 16.5. The van der Waals surface area contributed by atoms with Crippen LogP contribution in [0.1, 0.15) is 27.7 Å². The Morgan fingerprint density at radius 3 is 2.81 bits per heavy atom. The molecule has 7 heteroatoms. The summed E-state index contributed by atoms with van der Waals surface area (Å²) in [5.74, 6) is -1.17. The fraction of sp³-hybridized carbons (Fsp3) is 0.125. The first kappa shape index (κ1) is 18.9. The molecule has 1 aliphatic heterocycles. The number of aromatic amines is 1. The fourth-order valence-corrected chi connectivity index (χ4v) is 4.09. The number of amides is 1. The predicted molar refractivity (Wildman–Crippen MR) is 113 cm³/mol. The first-order valence-corrected chi connectivity index (χ1v) is 9.92. The molecule has 1 amide bonds. The van der Waals surface area contributed by atoms with Gasteiger partial charge in [-0.05, 0) is 42.3 Å². The third-order valence-corrected chi connectivity index (χ3v) is 5.58. The van der Waals surface area contributed by atoms with Gasteiger partial charge in [-0.25, -0.2) is 0 Å². The number of aliphatic hydroxyl groups is 1. The van der Waals surface area contributed by atoms with Gasteiger partial charge in [-0.15, -0.1) is 0 Å². The van der Waals surface area contributed by atoms with E-state index in [0.29, 0.717) is 24.3 Å². The largest absolute Gasteiger partial charge is 0.503 e. The Kier molecular flexibility index (Phi) is 4.63. The minimum atomic E-state index is -0.805. The zero-order valence-electron chi connectivity index (χ0n) is 16.5. The Morgan fingerprint density at radius 1 is 1.16 bits per heavy atom. The van der Waals surface area contributed by atoms with Gasteiger partial charge in [-0.1, -0.05) is 18.2 Å². The van der Waals surface area contributed by atoms with E-state index in [-0.39, 0.29) is 5.57 Å². The average molecular weight is 413 g/mol. The van der Waals surface area contributed by atoms with E-state index >= 15 is 0 Å². The van der Waals surface area contributed by atoms with E-state index in [2.05, 4.69) is 9.97 Å². The van der Waals surface area contributed by atoms with Crippen LogP contribution < -0.4 is 0 Å². The van der Waals surface area contributed by atoms with Crippen LogP contribution in [-0.4, -0.2) is 38.2 Å². The SMILES string of the molecule is O=C(C1=C(O)C(=O)N(CCc2c[nH]c3ccccc23)C1c1ccco1)c1cccnc1. The maximum absolute atomic E-state index is 13.2. The summed E-state index contributed by atoms with van der Waals surface area (Å²) in [6.45, 7) is 0.305. The number of hydrogen-bond acceptors (Lipinski definition) is 5. The molecule has 0 spiro atoms. The van der Waals surface area contributed by atoms with Crippen molar-refractivity contribution in [1.82, 2.24) is 14.9 Å². The minimum Gasteiger partial charge on any atom is -0.503 e. The van der Waals surface area contributed by atoms with Crippen molar-refractivity contribution in [3.05, 3.63) is 102 Å². The number of H-pyrrole nitrogens is 1. The van der Waals surface area contributed by atoms with Crippen LogP contribution in [0.4, 0.5) is 0 Å². The number of Topliss-reactive ketones (excluding diaryl/α,β-unsaturated/α-hetero) is 1. The molecule has 31 heavy (non-hydrogen) atoms. The molecular formula is C24H19N3O4. The molecule has 1 aliphatic rings. The summed E-state index contributed by atoms with van der Waals surface area (Å²) in [6, 6.07) is 13.8. The number of para-hydroxylation sites is 1. The molecule has 1 aromatic carbocycles. The Bertz CT molecular complexity index is 1290. The highest BCUT2D eigenvalue weighted by Crippen LogP contribution is 2.39. The van der Waals surface area contributed by atoms with Crippen LogP contribution in [0, 0.1) is 0 Å². The molecule has 0 aliphatic carbocycles. The highest BCUT2D eigenvalue weighted by Gasteiger charge is 2.45. The second-order valence-electron chi connectivity index (χ2n) is 7.36. The Labute approximate surface area is 177 Å². The van der Waals surface area contributed by atoms with Crippen molar-refractivity contribution in [2.45, 2.75) is 12.5 Å². The summed E-state index contributed by atoms with van der Waals surface area (Å²) >= 11 is 0.